The average molecular weight is 200 g/mol. The zero-order valence-corrected chi connectivity index (χ0v) is 8.24. The maximum Gasteiger partial charge on any atom is 0.330 e. The van der Waals surface area contributed by atoms with E-state index < -0.39 is 0 Å². The lowest BCUT2D eigenvalue weighted by Gasteiger charge is -2.03. The highest BCUT2D eigenvalue weighted by Gasteiger charge is 1.94. The van der Waals surface area contributed by atoms with E-state index in [0.717, 1.165) is 18.9 Å². The van der Waals surface area contributed by atoms with Gasteiger partial charge in [0.05, 0.1) is 19.5 Å². The van der Waals surface area contributed by atoms with E-state index in [0.29, 0.717) is 13.2 Å². The minimum atomic E-state index is -0.388. The summed E-state index contributed by atoms with van der Waals surface area (Å²) in [6.45, 7) is 7.85. The first-order chi connectivity index (χ1) is 6.81. The molecular weight excluding hydrogens is 184 g/mol. The molecule has 0 fully saturated rings. The van der Waals surface area contributed by atoms with E-state index in [1.165, 1.54) is 6.26 Å². The second-order valence-corrected chi connectivity index (χ2v) is 2.44. The predicted molar refractivity (Wildman–Crippen MR) is 52.5 cm³/mol. The third-order valence-electron chi connectivity index (χ3n) is 1.36. The van der Waals surface area contributed by atoms with Crippen molar-refractivity contribution in [2.24, 2.45) is 0 Å². The first-order valence-electron chi connectivity index (χ1n) is 4.40. The summed E-state index contributed by atoms with van der Waals surface area (Å²) >= 11 is 0. The number of carbonyl (C=O) groups excluding carboxylic acids is 1. The molecule has 0 saturated heterocycles. The molecule has 0 unspecified atom stereocenters. The fraction of sp³-hybridized carbons (Fsp3) is 0.500. The molecule has 0 radical (unpaired) electrons. The van der Waals surface area contributed by atoms with Gasteiger partial charge < -0.3 is 14.2 Å². The van der Waals surface area contributed by atoms with Crippen LogP contribution >= 0.6 is 0 Å². The number of hydrogen-bond acceptors (Lipinski definition) is 4. The van der Waals surface area contributed by atoms with E-state index in [1.807, 2.05) is 0 Å². The summed E-state index contributed by atoms with van der Waals surface area (Å²) in [6, 6.07) is 0. The van der Waals surface area contributed by atoms with Gasteiger partial charge in [-0.15, -0.1) is 0 Å². The van der Waals surface area contributed by atoms with Crippen LogP contribution in [0.5, 0.6) is 0 Å². The summed E-state index contributed by atoms with van der Waals surface area (Å²) in [5.41, 5.74) is 0. The van der Waals surface area contributed by atoms with Crippen molar-refractivity contribution < 1.29 is 19.0 Å². The van der Waals surface area contributed by atoms with Crippen LogP contribution in [0, 0.1) is 0 Å². The highest BCUT2D eigenvalue weighted by molar-refractivity contribution is 5.81. The van der Waals surface area contributed by atoms with Gasteiger partial charge in [0.15, 0.2) is 6.79 Å². The third-order valence-corrected chi connectivity index (χ3v) is 1.36. The van der Waals surface area contributed by atoms with Gasteiger partial charge in [-0.25, -0.2) is 4.79 Å². The van der Waals surface area contributed by atoms with Gasteiger partial charge in [-0.2, -0.15) is 0 Å². The maximum atomic E-state index is 10.6. The summed E-state index contributed by atoms with van der Waals surface area (Å²) in [4.78, 5) is 10.6. The lowest BCUT2D eigenvalue weighted by Crippen LogP contribution is -2.04. The molecule has 0 amide bonds. The maximum absolute atomic E-state index is 10.6. The normalized spacial score (nSPS) is 9.14. The van der Waals surface area contributed by atoms with Crippen molar-refractivity contribution >= 4 is 5.97 Å². The van der Waals surface area contributed by atoms with Gasteiger partial charge in [0.25, 0.3) is 0 Å². The van der Waals surface area contributed by atoms with Crippen molar-refractivity contribution in [2.75, 3.05) is 20.0 Å². The van der Waals surface area contributed by atoms with E-state index in [4.69, 9.17) is 14.2 Å². The van der Waals surface area contributed by atoms with Gasteiger partial charge in [-0.1, -0.05) is 13.2 Å². The number of carbonyl (C=O) groups is 1. The summed E-state index contributed by atoms with van der Waals surface area (Å²) in [5, 5.41) is 0. The summed E-state index contributed by atoms with van der Waals surface area (Å²) < 4.78 is 14.6. The Kier molecular flexibility index (Phi) is 8.89. The number of unbranched alkanes of at least 4 members (excludes halogenated alkanes) is 1. The number of hydrogen-bond donors (Lipinski definition) is 0. The molecule has 0 saturated carbocycles. The van der Waals surface area contributed by atoms with Crippen LogP contribution < -0.4 is 0 Å². The van der Waals surface area contributed by atoms with Crippen molar-refractivity contribution in [3.05, 3.63) is 25.5 Å². The molecule has 14 heavy (non-hydrogen) atoms. The van der Waals surface area contributed by atoms with Crippen LogP contribution in [0.4, 0.5) is 0 Å². The Morgan fingerprint density at radius 2 is 1.93 bits per heavy atom. The van der Waals surface area contributed by atoms with Gasteiger partial charge in [0, 0.05) is 6.08 Å². The van der Waals surface area contributed by atoms with Crippen molar-refractivity contribution in [3.8, 4) is 0 Å². The Morgan fingerprint density at radius 1 is 1.21 bits per heavy atom. The molecule has 0 aromatic heterocycles. The molecule has 0 N–H and O–H groups in total. The molecule has 0 atom stereocenters. The number of ether oxygens (including phenoxy) is 3. The van der Waals surface area contributed by atoms with Crippen LogP contribution in [0.1, 0.15) is 12.8 Å². The zero-order chi connectivity index (χ0) is 10.6. The standard InChI is InChI=1S/C10H16O4/c1-3-10(11)14-8-6-5-7-13-9-12-4-2/h3-4H,1-2,5-9H2. The summed E-state index contributed by atoms with van der Waals surface area (Å²) in [7, 11) is 0. The van der Waals surface area contributed by atoms with E-state index in [2.05, 4.69) is 13.2 Å². The Labute approximate surface area is 84.1 Å². The lowest BCUT2D eigenvalue weighted by atomic mass is 10.3. The first-order valence-corrected chi connectivity index (χ1v) is 4.40. The van der Waals surface area contributed by atoms with Crippen molar-refractivity contribution in [2.45, 2.75) is 12.8 Å². The fourth-order valence-electron chi connectivity index (χ4n) is 0.693. The molecule has 0 bridgehead atoms. The molecular formula is C10H16O4. The summed E-state index contributed by atoms with van der Waals surface area (Å²) in [6.07, 6.45) is 4.07. The fourth-order valence-corrected chi connectivity index (χ4v) is 0.693. The quantitative estimate of drug-likeness (QED) is 0.186. The topological polar surface area (TPSA) is 44.8 Å². The summed E-state index contributed by atoms with van der Waals surface area (Å²) in [5.74, 6) is -0.388. The van der Waals surface area contributed by atoms with Crippen LogP contribution in [-0.4, -0.2) is 26.0 Å². The lowest BCUT2D eigenvalue weighted by molar-refractivity contribution is -0.138. The first kappa shape index (κ1) is 12.7. The largest absolute Gasteiger partial charge is 0.476 e. The highest BCUT2D eigenvalue weighted by atomic mass is 16.7. The number of rotatable bonds is 9. The molecule has 4 nitrogen and oxygen atoms in total. The van der Waals surface area contributed by atoms with Gasteiger partial charge in [-0.3, -0.25) is 0 Å². The molecule has 0 aromatic rings. The van der Waals surface area contributed by atoms with Gasteiger partial charge in [0.2, 0.25) is 0 Å². The molecule has 0 heterocycles. The predicted octanol–water partition coefficient (Wildman–Crippen LogP) is 1.63. The molecule has 0 aliphatic rings. The molecule has 0 aromatic carbocycles. The van der Waals surface area contributed by atoms with Crippen LogP contribution in [0.25, 0.3) is 0 Å². The van der Waals surface area contributed by atoms with Crippen LogP contribution in [0.2, 0.25) is 0 Å². The van der Waals surface area contributed by atoms with E-state index >= 15 is 0 Å². The SMILES string of the molecule is C=COCOCCCCOC(=O)C=C. The minimum absolute atomic E-state index is 0.218. The van der Waals surface area contributed by atoms with Gasteiger partial charge in [-0.05, 0) is 12.8 Å². The Morgan fingerprint density at radius 3 is 2.57 bits per heavy atom. The van der Waals surface area contributed by atoms with Crippen LogP contribution in [-0.2, 0) is 19.0 Å². The third kappa shape index (κ3) is 8.80. The van der Waals surface area contributed by atoms with E-state index in [1.54, 1.807) is 0 Å². The molecule has 80 valence electrons. The zero-order valence-electron chi connectivity index (χ0n) is 8.24. The van der Waals surface area contributed by atoms with Crippen molar-refractivity contribution in [1.82, 2.24) is 0 Å². The molecule has 0 aliphatic carbocycles. The Bertz CT molecular complexity index is 177. The van der Waals surface area contributed by atoms with Crippen molar-refractivity contribution in [3.63, 3.8) is 0 Å². The van der Waals surface area contributed by atoms with Crippen LogP contribution in [0.15, 0.2) is 25.5 Å². The second kappa shape index (κ2) is 9.80. The number of esters is 1. The van der Waals surface area contributed by atoms with E-state index in [9.17, 15) is 4.79 Å². The average Bonchev–Trinajstić information content (AvgIpc) is 2.21. The van der Waals surface area contributed by atoms with Crippen molar-refractivity contribution in [1.29, 1.82) is 0 Å². The smallest absolute Gasteiger partial charge is 0.330 e. The van der Waals surface area contributed by atoms with Crippen LogP contribution in [0.3, 0.4) is 0 Å². The van der Waals surface area contributed by atoms with Gasteiger partial charge >= 0.3 is 5.97 Å². The Balaban J connectivity index is 3.02. The molecule has 0 aliphatic heterocycles. The molecule has 4 heteroatoms. The monoisotopic (exact) mass is 200 g/mol. The Hall–Kier alpha value is -1.29. The minimum Gasteiger partial charge on any atom is -0.476 e. The molecule has 0 spiro atoms. The van der Waals surface area contributed by atoms with Gasteiger partial charge in [0.1, 0.15) is 0 Å². The second-order valence-electron chi connectivity index (χ2n) is 2.44. The van der Waals surface area contributed by atoms with E-state index in [-0.39, 0.29) is 12.8 Å². The molecule has 0 rings (SSSR count). The highest BCUT2D eigenvalue weighted by Crippen LogP contribution is 1.92.